The third-order valence-corrected chi connectivity index (χ3v) is 4.54. The molecule has 1 aromatic heterocycles. The fourth-order valence-corrected chi connectivity index (χ4v) is 3.64. The highest BCUT2D eigenvalue weighted by atomic mass is 79.9. The van der Waals surface area contributed by atoms with Crippen molar-refractivity contribution < 1.29 is 0 Å². The second-order valence-corrected chi connectivity index (χ2v) is 6.22. The van der Waals surface area contributed by atoms with Crippen molar-refractivity contribution in [2.24, 2.45) is 0 Å². The van der Waals surface area contributed by atoms with Crippen molar-refractivity contribution in [3.8, 4) is 11.1 Å². The highest BCUT2D eigenvalue weighted by Gasteiger charge is 2.13. The second kappa shape index (κ2) is 5.62. The predicted molar refractivity (Wildman–Crippen MR) is 98.7 cm³/mol. The zero-order valence-electron chi connectivity index (χ0n) is 12.2. The first kappa shape index (κ1) is 13.6. The lowest BCUT2D eigenvalue weighted by Crippen LogP contribution is -1.97. The SMILES string of the molecule is BrCCn1c2ccccc2c2c(-c3ccccc3)cccc21. The summed E-state index contributed by atoms with van der Waals surface area (Å²) < 4.78 is 2.41. The number of hydrogen-bond donors (Lipinski definition) is 0. The molecule has 0 spiro atoms. The van der Waals surface area contributed by atoms with Gasteiger partial charge in [-0.1, -0.05) is 76.6 Å². The molecule has 0 aliphatic carbocycles. The van der Waals surface area contributed by atoms with Crippen LogP contribution in [0.1, 0.15) is 0 Å². The number of hydrogen-bond acceptors (Lipinski definition) is 0. The van der Waals surface area contributed by atoms with Gasteiger partial charge in [-0.15, -0.1) is 0 Å². The molecule has 2 heteroatoms. The largest absolute Gasteiger partial charge is 0.340 e. The summed E-state index contributed by atoms with van der Waals surface area (Å²) in [7, 11) is 0. The van der Waals surface area contributed by atoms with Gasteiger partial charge in [-0.2, -0.15) is 0 Å². The number of nitrogens with zero attached hydrogens (tertiary/aromatic N) is 1. The molecule has 0 bridgehead atoms. The maximum Gasteiger partial charge on any atom is 0.0497 e. The Morgan fingerprint density at radius 2 is 1.45 bits per heavy atom. The quantitative estimate of drug-likeness (QED) is 0.408. The number of aromatic nitrogens is 1. The summed E-state index contributed by atoms with van der Waals surface area (Å²) in [5, 5.41) is 3.64. The number of para-hydroxylation sites is 1. The zero-order chi connectivity index (χ0) is 14.9. The Morgan fingerprint density at radius 1 is 0.727 bits per heavy atom. The first-order chi connectivity index (χ1) is 10.9. The lowest BCUT2D eigenvalue weighted by Gasteiger charge is -2.06. The van der Waals surface area contributed by atoms with Crippen molar-refractivity contribution in [1.82, 2.24) is 4.57 Å². The van der Waals surface area contributed by atoms with Gasteiger partial charge in [0, 0.05) is 33.7 Å². The molecule has 0 saturated carbocycles. The average molecular weight is 350 g/mol. The number of benzene rings is 3. The standard InChI is InChI=1S/C20H16BrN/c21-13-14-22-18-11-5-4-9-17(18)20-16(10-6-12-19(20)22)15-7-2-1-3-8-15/h1-12H,13-14H2. The maximum absolute atomic E-state index is 3.58. The molecule has 22 heavy (non-hydrogen) atoms. The van der Waals surface area contributed by atoms with E-state index in [1.54, 1.807) is 0 Å². The molecular weight excluding hydrogens is 334 g/mol. The van der Waals surface area contributed by atoms with E-state index in [-0.39, 0.29) is 0 Å². The highest BCUT2D eigenvalue weighted by molar-refractivity contribution is 9.09. The van der Waals surface area contributed by atoms with Crippen LogP contribution in [0, 0.1) is 0 Å². The molecule has 3 aromatic carbocycles. The number of fused-ring (bicyclic) bond motifs is 3. The molecule has 0 unspecified atom stereocenters. The molecule has 1 nitrogen and oxygen atoms in total. The number of rotatable bonds is 3. The van der Waals surface area contributed by atoms with Crippen LogP contribution in [0.15, 0.2) is 72.8 Å². The Hall–Kier alpha value is -2.06. The van der Waals surface area contributed by atoms with E-state index in [2.05, 4.69) is 93.3 Å². The van der Waals surface area contributed by atoms with Crippen LogP contribution in [-0.2, 0) is 6.54 Å². The van der Waals surface area contributed by atoms with Gasteiger partial charge in [-0.05, 0) is 23.3 Å². The van der Waals surface area contributed by atoms with Crippen LogP contribution in [0.25, 0.3) is 32.9 Å². The van der Waals surface area contributed by atoms with Crippen LogP contribution in [-0.4, -0.2) is 9.90 Å². The molecule has 4 rings (SSSR count). The van der Waals surface area contributed by atoms with Gasteiger partial charge in [0.1, 0.15) is 0 Å². The summed E-state index contributed by atoms with van der Waals surface area (Å²) in [6, 6.07) is 25.9. The third kappa shape index (κ3) is 2.06. The summed E-state index contributed by atoms with van der Waals surface area (Å²) in [5.74, 6) is 0. The van der Waals surface area contributed by atoms with Gasteiger partial charge in [0.2, 0.25) is 0 Å². The highest BCUT2D eigenvalue weighted by Crippen LogP contribution is 2.36. The molecule has 1 heterocycles. The van der Waals surface area contributed by atoms with Crippen LogP contribution >= 0.6 is 15.9 Å². The van der Waals surface area contributed by atoms with Gasteiger partial charge < -0.3 is 4.57 Å². The molecule has 4 aromatic rings. The van der Waals surface area contributed by atoms with Crippen LogP contribution in [0.2, 0.25) is 0 Å². The average Bonchev–Trinajstić information content (AvgIpc) is 2.91. The Kier molecular flexibility index (Phi) is 3.47. The van der Waals surface area contributed by atoms with Gasteiger partial charge in [0.25, 0.3) is 0 Å². The predicted octanol–water partition coefficient (Wildman–Crippen LogP) is 5.86. The minimum atomic E-state index is 0.955. The van der Waals surface area contributed by atoms with Crippen LogP contribution in [0.4, 0.5) is 0 Å². The van der Waals surface area contributed by atoms with E-state index in [0.29, 0.717) is 0 Å². The molecule has 0 aliphatic rings. The molecular formula is C20H16BrN. The maximum atomic E-state index is 3.58. The van der Waals surface area contributed by atoms with E-state index in [1.807, 2.05) is 0 Å². The summed E-state index contributed by atoms with van der Waals surface area (Å²) in [5.41, 5.74) is 5.19. The summed E-state index contributed by atoms with van der Waals surface area (Å²) in [6.07, 6.45) is 0. The van der Waals surface area contributed by atoms with Crippen LogP contribution in [0.5, 0.6) is 0 Å². The minimum absolute atomic E-state index is 0.955. The zero-order valence-corrected chi connectivity index (χ0v) is 13.8. The third-order valence-electron chi connectivity index (χ3n) is 4.19. The fraction of sp³-hybridized carbons (Fsp3) is 0.100. The molecule has 0 aliphatic heterocycles. The number of alkyl halides is 1. The number of aryl methyl sites for hydroxylation is 1. The van der Waals surface area contributed by atoms with Gasteiger partial charge in [0.05, 0.1) is 0 Å². The molecule has 0 saturated heterocycles. The van der Waals surface area contributed by atoms with Crippen molar-refractivity contribution in [3.63, 3.8) is 0 Å². The summed E-state index contributed by atoms with van der Waals surface area (Å²) in [4.78, 5) is 0. The van der Waals surface area contributed by atoms with E-state index in [4.69, 9.17) is 0 Å². The van der Waals surface area contributed by atoms with Crippen LogP contribution in [0.3, 0.4) is 0 Å². The van der Waals surface area contributed by atoms with Crippen molar-refractivity contribution in [2.45, 2.75) is 6.54 Å². The van der Waals surface area contributed by atoms with Gasteiger partial charge in [-0.3, -0.25) is 0 Å². The lowest BCUT2D eigenvalue weighted by atomic mass is 9.99. The second-order valence-electron chi connectivity index (χ2n) is 5.42. The van der Waals surface area contributed by atoms with E-state index < -0.39 is 0 Å². The molecule has 0 N–H and O–H groups in total. The van der Waals surface area contributed by atoms with Crippen LogP contribution < -0.4 is 0 Å². The van der Waals surface area contributed by atoms with E-state index >= 15 is 0 Å². The van der Waals surface area contributed by atoms with Gasteiger partial charge in [0.15, 0.2) is 0 Å². The summed E-state index contributed by atoms with van der Waals surface area (Å²) >= 11 is 3.58. The van der Waals surface area contributed by atoms with E-state index in [9.17, 15) is 0 Å². The normalized spacial score (nSPS) is 11.3. The Morgan fingerprint density at radius 3 is 2.27 bits per heavy atom. The smallest absolute Gasteiger partial charge is 0.0497 e. The van der Waals surface area contributed by atoms with Crippen molar-refractivity contribution in [1.29, 1.82) is 0 Å². The topological polar surface area (TPSA) is 4.93 Å². The first-order valence-electron chi connectivity index (χ1n) is 7.51. The van der Waals surface area contributed by atoms with E-state index in [1.165, 1.54) is 32.9 Å². The lowest BCUT2D eigenvalue weighted by molar-refractivity contribution is 0.843. The van der Waals surface area contributed by atoms with Crippen molar-refractivity contribution in [2.75, 3.05) is 5.33 Å². The Balaban J connectivity index is 2.15. The number of halogens is 1. The monoisotopic (exact) mass is 349 g/mol. The first-order valence-corrected chi connectivity index (χ1v) is 8.63. The van der Waals surface area contributed by atoms with Crippen molar-refractivity contribution >= 4 is 37.7 Å². The molecule has 0 amide bonds. The molecule has 0 fully saturated rings. The van der Waals surface area contributed by atoms with Crippen molar-refractivity contribution in [3.05, 3.63) is 72.8 Å². The van der Waals surface area contributed by atoms with E-state index in [0.717, 1.165) is 11.9 Å². The molecule has 108 valence electrons. The summed E-state index contributed by atoms with van der Waals surface area (Å²) in [6.45, 7) is 0.974. The Bertz CT molecular complexity index is 938. The minimum Gasteiger partial charge on any atom is -0.340 e. The Labute approximate surface area is 138 Å². The van der Waals surface area contributed by atoms with Gasteiger partial charge in [-0.25, -0.2) is 0 Å². The molecule has 0 atom stereocenters. The fourth-order valence-electron chi connectivity index (χ4n) is 3.28. The molecule has 0 radical (unpaired) electrons. The van der Waals surface area contributed by atoms with Gasteiger partial charge >= 0.3 is 0 Å².